The van der Waals surface area contributed by atoms with Gasteiger partial charge in [0, 0.05) is 23.2 Å². The number of nitrogens with one attached hydrogen (secondary N) is 3. The first kappa shape index (κ1) is 14.9. The van der Waals surface area contributed by atoms with Crippen LogP contribution in [-0.2, 0) is 0 Å². The van der Waals surface area contributed by atoms with Gasteiger partial charge in [-0.05, 0) is 25.0 Å². The topological polar surface area (TPSA) is 104 Å². The van der Waals surface area contributed by atoms with Crippen molar-refractivity contribution in [3.8, 4) is 17.1 Å². The van der Waals surface area contributed by atoms with Crippen LogP contribution in [0.15, 0.2) is 36.5 Å². The summed E-state index contributed by atoms with van der Waals surface area (Å²) in [6.07, 6.45) is 4.13. The molecule has 3 N–H and O–H groups in total. The number of nitrogens with zero attached hydrogens (tertiary/aromatic N) is 4. The van der Waals surface area contributed by atoms with Gasteiger partial charge in [-0.15, -0.1) is 0 Å². The fraction of sp³-hybridized carbons (Fsp3) is 0.222. The summed E-state index contributed by atoms with van der Waals surface area (Å²) in [5.41, 5.74) is 3.51. The van der Waals surface area contributed by atoms with Gasteiger partial charge >= 0.3 is 0 Å². The number of fused-ring (bicyclic) bond motifs is 1. The van der Waals surface area contributed by atoms with Crippen molar-refractivity contribution in [1.82, 2.24) is 30.4 Å². The molecule has 0 unspecified atom stereocenters. The van der Waals surface area contributed by atoms with Crippen molar-refractivity contribution in [2.45, 2.75) is 18.8 Å². The molecule has 130 valence electrons. The van der Waals surface area contributed by atoms with Gasteiger partial charge in [0.2, 0.25) is 0 Å². The molecule has 0 aliphatic heterocycles. The highest BCUT2D eigenvalue weighted by Gasteiger charge is 2.25. The van der Waals surface area contributed by atoms with E-state index >= 15 is 0 Å². The Kier molecular flexibility index (Phi) is 3.34. The van der Waals surface area contributed by atoms with Crippen LogP contribution in [-0.4, -0.2) is 37.5 Å². The van der Waals surface area contributed by atoms with Gasteiger partial charge in [-0.3, -0.25) is 10.2 Å². The van der Waals surface area contributed by atoms with Crippen LogP contribution < -0.4 is 10.1 Å². The Morgan fingerprint density at radius 3 is 2.92 bits per heavy atom. The van der Waals surface area contributed by atoms with Crippen LogP contribution in [0.4, 0.5) is 11.6 Å². The van der Waals surface area contributed by atoms with Gasteiger partial charge in [-0.2, -0.15) is 10.2 Å². The number of aromatic amines is 2. The van der Waals surface area contributed by atoms with Gasteiger partial charge in [-0.25, -0.2) is 9.97 Å². The van der Waals surface area contributed by atoms with Crippen LogP contribution in [0, 0.1) is 0 Å². The molecule has 1 saturated carbocycles. The van der Waals surface area contributed by atoms with Crippen LogP contribution >= 0.6 is 0 Å². The highest BCUT2D eigenvalue weighted by molar-refractivity contribution is 5.88. The van der Waals surface area contributed by atoms with Crippen LogP contribution in [0.3, 0.4) is 0 Å². The highest BCUT2D eigenvalue weighted by Crippen LogP contribution is 2.39. The minimum Gasteiger partial charge on any atom is -0.497 e. The molecular weight excluding hydrogens is 330 g/mol. The van der Waals surface area contributed by atoms with Gasteiger partial charge in [0.05, 0.1) is 13.3 Å². The van der Waals surface area contributed by atoms with E-state index in [0.717, 1.165) is 33.9 Å². The second kappa shape index (κ2) is 5.83. The summed E-state index contributed by atoms with van der Waals surface area (Å²) in [4.78, 5) is 9.28. The van der Waals surface area contributed by atoms with E-state index in [0.29, 0.717) is 17.6 Å². The van der Waals surface area contributed by atoms with E-state index in [9.17, 15) is 0 Å². The number of rotatable bonds is 5. The molecule has 1 fully saturated rings. The quantitative estimate of drug-likeness (QED) is 0.511. The summed E-state index contributed by atoms with van der Waals surface area (Å²) in [6, 6.07) is 9.70. The van der Waals surface area contributed by atoms with Crippen LogP contribution in [0.1, 0.15) is 24.5 Å². The Labute approximate surface area is 149 Å². The van der Waals surface area contributed by atoms with E-state index in [1.165, 1.54) is 12.8 Å². The molecule has 8 nitrogen and oxygen atoms in total. The number of ether oxygens (including phenoxy) is 1. The molecule has 0 atom stereocenters. The molecule has 0 saturated heterocycles. The lowest BCUT2D eigenvalue weighted by molar-refractivity contribution is 0.415. The summed E-state index contributed by atoms with van der Waals surface area (Å²) in [6.45, 7) is 0. The van der Waals surface area contributed by atoms with Gasteiger partial charge in [0.25, 0.3) is 0 Å². The Balaban J connectivity index is 1.55. The van der Waals surface area contributed by atoms with Crippen LogP contribution in [0.2, 0.25) is 0 Å². The molecule has 3 aromatic heterocycles. The number of hydrogen-bond acceptors (Lipinski definition) is 6. The largest absolute Gasteiger partial charge is 0.497 e. The molecule has 26 heavy (non-hydrogen) atoms. The third kappa shape index (κ3) is 2.65. The number of anilines is 2. The molecule has 0 spiro atoms. The summed E-state index contributed by atoms with van der Waals surface area (Å²) in [7, 11) is 1.64. The fourth-order valence-electron chi connectivity index (χ4n) is 2.95. The maximum absolute atomic E-state index is 5.30. The van der Waals surface area contributed by atoms with E-state index in [1.54, 1.807) is 13.3 Å². The smallest absolute Gasteiger partial charge is 0.162 e. The summed E-state index contributed by atoms with van der Waals surface area (Å²) in [5, 5.41) is 17.8. The molecule has 1 aliphatic carbocycles. The number of H-pyrrole nitrogens is 2. The maximum Gasteiger partial charge on any atom is 0.162 e. The maximum atomic E-state index is 5.30. The van der Waals surface area contributed by atoms with Gasteiger partial charge < -0.3 is 10.1 Å². The monoisotopic (exact) mass is 347 g/mol. The summed E-state index contributed by atoms with van der Waals surface area (Å²) < 4.78 is 5.30. The van der Waals surface area contributed by atoms with Crippen molar-refractivity contribution in [1.29, 1.82) is 0 Å². The molecule has 1 aliphatic rings. The predicted octanol–water partition coefficient (Wildman–Crippen LogP) is 3.37. The van der Waals surface area contributed by atoms with E-state index < -0.39 is 0 Å². The first-order chi connectivity index (χ1) is 12.8. The zero-order chi connectivity index (χ0) is 17.5. The number of aromatic nitrogens is 6. The molecule has 3 heterocycles. The minimum atomic E-state index is 0.596. The SMILES string of the molecule is COc1cccc(-c2nc(Nc3cc(C4CC4)[nH]n3)c3[nH]ncc3n2)c1. The number of methoxy groups -OCH3 is 1. The Morgan fingerprint density at radius 2 is 2.08 bits per heavy atom. The van der Waals surface area contributed by atoms with E-state index in [2.05, 4.69) is 35.7 Å². The van der Waals surface area contributed by atoms with Crippen molar-refractivity contribution in [3.63, 3.8) is 0 Å². The average molecular weight is 347 g/mol. The van der Waals surface area contributed by atoms with Crippen molar-refractivity contribution in [2.24, 2.45) is 0 Å². The van der Waals surface area contributed by atoms with Crippen LogP contribution in [0.5, 0.6) is 5.75 Å². The molecule has 0 radical (unpaired) electrons. The summed E-state index contributed by atoms with van der Waals surface area (Å²) in [5.74, 6) is 3.34. The second-order valence-corrected chi connectivity index (χ2v) is 6.37. The lowest BCUT2D eigenvalue weighted by atomic mass is 10.2. The third-order valence-electron chi connectivity index (χ3n) is 4.49. The third-order valence-corrected chi connectivity index (χ3v) is 4.49. The molecule has 4 aromatic rings. The minimum absolute atomic E-state index is 0.596. The highest BCUT2D eigenvalue weighted by atomic mass is 16.5. The van der Waals surface area contributed by atoms with E-state index in [-0.39, 0.29) is 0 Å². The van der Waals surface area contributed by atoms with Crippen molar-refractivity contribution in [2.75, 3.05) is 12.4 Å². The zero-order valence-corrected chi connectivity index (χ0v) is 14.2. The van der Waals surface area contributed by atoms with Gasteiger partial charge in [-0.1, -0.05) is 12.1 Å². The Bertz CT molecular complexity index is 1080. The summed E-state index contributed by atoms with van der Waals surface area (Å²) >= 11 is 0. The van der Waals surface area contributed by atoms with Gasteiger partial charge in [0.15, 0.2) is 17.5 Å². The fourth-order valence-corrected chi connectivity index (χ4v) is 2.95. The lowest BCUT2D eigenvalue weighted by Crippen LogP contribution is -1.99. The predicted molar refractivity (Wildman–Crippen MR) is 97.5 cm³/mol. The van der Waals surface area contributed by atoms with Crippen molar-refractivity contribution >= 4 is 22.7 Å². The van der Waals surface area contributed by atoms with Crippen molar-refractivity contribution < 1.29 is 4.74 Å². The van der Waals surface area contributed by atoms with E-state index in [4.69, 9.17) is 4.74 Å². The zero-order valence-electron chi connectivity index (χ0n) is 14.2. The Hall–Kier alpha value is -3.42. The molecule has 1 aromatic carbocycles. The first-order valence-electron chi connectivity index (χ1n) is 8.48. The standard InChI is InChI=1S/C18H17N7O/c1-26-12-4-2-3-11(7-12)17-20-14-9-19-25-16(14)18(22-17)21-15-8-13(23-24-15)10-5-6-10/h2-4,7-10H,5-6H2,1H3,(H,19,25)(H2,20,21,22,23,24). The lowest BCUT2D eigenvalue weighted by Gasteiger charge is -2.07. The van der Waals surface area contributed by atoms with Gasteiger partial charge in [0.1, 0.15) is 16.8 Å². The number of benzene rings is 1. The molecular formula is C18H17N7O. The van der Waals surface area contributed by atoms with Crippen LogP contribution in [0.25, 0.3) is 22.4 Å². The first-order valence-corrected chi connectivity index (χ1v) is 8.48. The molecule has 8 heteroatoms. The molecule has 0 bridgehead atoms. The molecule has 0 amide bonds. The second-order valence-electron chi connectivity index (χ2n) is 6.37. The normalized spacial score (nSPS) is 13.9. The molecule has 5 rings (SSSR count). The number of hydrogen-bond donors (Lipinski definition) is 3. The van der Waals surface area contributed by atoms with E-state index in [1.807, 2.05) is 30.3 Å². The average Bonchev–Trinajstić information content (AvgIpc) is 3.23. The van der Waals surface area contributed by atoms with Crippen molar-refractivity contribution in [3.05, 3.63) is 42.2 Å². The Morgan fingerprint density at radius 1 is 1.15 bits per heavy atom.